The lowest BCUT2D eigenvalue weighted by Gasteiger charge is -2.08. The number of nitrogens with one attached hydrogen (secondary N) is 1. The molecule has 2 aromatic rings. The minimum atomic E-state index is -0.176. The normalized spacial score (nSPS) is 10.2. The van der Waals surface area contributed by atoms with Crippen molar-refractivity contribution in [3.05, 3.63) is 65.2 Å². The maximum Gasteiger partial charge on any atom is 0.258 e. The highest BCUT2D eigenvalue weighted by Crippen LogP contribution is 2.13. The van der Waals surface area contributed by atoms with Gasteiger partial charge in [-0.15, -0.1) is 0 Å². The summed E-state index contributed by atoms with van der Waals surface area (Å²) in [6.07, 6.45) is 0. The molecule has 0 unspecified atom stereocenters. The molecule has 0 heterocycles. The Morgan fingerprint density at radius 3 is 2.62 bits per heavy atom. The Kier molecular flexibility index (Phi) is 5.35. The van der Waals surface area contributed by atoms with Crippen molar-refractivity contribution in [3.63, 3.8) is 0 Å². The van der Waals surface area contributed by atoms with Crippen LogP contribution in [0.15, 0.2) is 48.5 Å². The highest BCUT2D eigenvalue weighted by atomic mass is 16.5. The van der Waals surface area contributed by atoms with Crippen molar-refractivity contribution in [2.75, 3.05) is 6.61 Å². The lowest BCUT2D eigenvalue weighted by atomic mass is 10.1. The summed E-state index contributed by atoms with van der Waals surface area (Å²) in [6.45, 7) is 2.42. The summed E-state index contributed by atoms with van der Waals surface area (Å²) in [6, 6.07) is 15.0. The van der Waals surface area contributed by atoms with Gasteiger partial charge in [0.25, 0.3) is 5.91 Å². The standard InChI is InChI=1S/C17H19NO3/c1-13-5-7-14(8-6-13)10-18-17(20)12-21-16-4-2-3-15(9-16)11-19/h2-9,19H,10-12H2,1H3,(H,18,20). The fraction of sp³-hybridized carbons (Fsp3) is 0.235. The molecular weight excluding hydrogens is 266 g/mol. The molecular formula is C17H19NO3. The second kappa shape index (κ2) is 7.45. The molecule has 0 saturated heterocycles. The molecule has 0 aliphatic heterocycles. The Morgan fingerprint density at radius 1 is 1.14 bits per heavy atom. The fourth-order valence-electron chi connectivity index (χ4n) is 1.84. The Bertz CT molecular complexity index is 593. The van der Waals surface area contributed by atoms with Gasteiger partial charge in [-0.05, 0) is 30.2 Å². The van der Waals surface area contributed by atoms with Crippen LogP contribution in [0.2, 0.25) is 0 Å². The van der Waals surface area contributed by atoms with Crippen molar-refractivity contribution >= 4 is 5.91 Å². The molecule has 4 heteroatoms. The van der Waals surface area contributed by atoms with Gasteiger partial charge in [-0.25, -0.2) is 0 Å². The average molecular weight is 285 g/mol. The summed E-state index contributed by atoms with van der Waals surface area (Å²) in [4.78, 5) is 11.7. The minimum absolute atomic E-state index is 0.0409. The Labute approximate surface area is 124 Å². The molecule has 0 fully saturated rings. The van der Waals surface area contributed by atoms with Crippen LogP contribution in [0.4, 0.5) is 0 Å². The molecule has 1 amide bonds. The molecule has 0 spiro atoms. The third kappa shape index (κ3) is 4.93. The lowest BCUT2D eigenvalue weighted by molar-refractivity contribution is -0.123. The van der Waals surface area contributed by atoms with E-state index < -0.39 is 0 Å². The summed E-state index contributed by atoms with van der Waals surface area (Å²) in [5.74, 6) is 0.400. The molecule has 0 aromatic heterocycles. The Hall–Kier alpha value is -2.33. The van der Waals surface area contributed by atoms with E-state index in [1.165, 1.54) is 5.56 Å². The van der Waals surface area contributed by atoms with Crippen LogP contribution in [0.25, 0.3) is 0 Å². The SMILES string of the molecule is Cc1ccc(CNC(=O)COc2cccc(CO)c2)cc1. The van der Waals surface area contributed by atoms with Crippen LogP contribution in [0, 0.1) is 6.92 Å². The van der Waals surface area contributed by atoms with Crippen molar-refractivity contribution in [2.45, 2.75) is 20.1 Å². The van der Waals surface area contributed by atoms with Gasteiger partial charge in [0.2, 0.25) is 0 Å². The number of aliphatic hydroxyl groups excluding tert-OH is 1. The van der Waals surface area contributed by atoms with E-state index in [1.807, 2.05) is 31.2 Å². The maximum atomic E-state index is 11.7. The number of amides is 1. The van der Waals surface area contributed by atoms with Crippen LogP contribution < -0.4 is 10.1 Å². The highest BCUT2D eigenvalue weighted by molar-refractivity contribution is 5.77. The fourth-order valence-corrected chi connectivity index (χ4v) is 1.84. The van der Waals surface area contributed by atoms with E-state index in [4.69, 9.17) is 9.84 Å². The van der Waals surface area contributed by atoms with Gasteiger partial charge in [0, 0.05) is 6.54 Å². The molecule has 2 aromatic carbocycles. The zero-order valence-electron chi connectivity index (χ0n) is 12.0. The molecule has 0 saturated carbocycles. The predicted molar refractivity (Wildman–Crippen MR) is 80.9 cm³/mol. The molecule has 0 aliphatic carbocycles. The van der Waals surface area contributed by atoms with Crippen LogP contribution in [0.3, 0.4) is 0 Å². The molecule has 0 bridgehead atoms. The van der Waals surface area contributed by atoms with Gasteiger partial charge in [-0.1, -0.05) is 42.0 Å². The summed E-state index contributed by atoms with van der Waals surface area (Å²) in [5.41, 5.74) is 3.00. The van der Waals surface area contributed by atoms with Crippen molar-refractivity contribution in [1.29, 1.82) is 0 Å². The predicted octanol–water partition coefficient (Wildman–Crippen LogP) is 2.18. The Balaban J connectivity index is 1.78. The zero-order valence-corrected chi connectivity index (χ0v) is 12.0. The first-order chi connectivity index (χ1) is 10.2. The molecule has 0 atom stereocenters. The molecule has 2 N–H and O–H groups in total. The van der Waals surface area contributed by atoms with E-state index in [-0.39, 0.29) is 19.1 Å². The third-order valence-corrected chi connectivity index (χ3v) is 3.06. The number of hydrogen-bond donors (Lipinski definition) is 2. The number of hydrogen-bond acceptors (Lipinski definition) is 3. The largest absolute Gasteiger partial charge is 0.484 e. The third-order valence-electron chi connectivity index (χ3n) is 3.06. The smallest absolute Gasteiger partial charge is 0.258 e. The van der Waals surface area contributed by atoms with Crippen molar-refractivity contribution < 1.29 is 14.6 Å². The van der Waals surface area contributed by atoms with Crippen LogP contribution >= 0.6 is 0 Å². The van der Waals surface area contributed by atoms with Crippen LogP contribution in [-0.4, -0.2) is 17.6 Å². The summed E-state index contributed by atoms with van der Waals surface area (Å²) < 4.78 is 5.39. The second-order valence-corrected chi connectivity index (χ2v) is 4.86. The van der Waals surface area contributed by atoms with E-state index in [0.29, 0.717) is 12.3 Å². The van der Waals surface area contributed by atoms with Gasteiger partial charge in [0.05, 0.1) is 6.61 Å². The van der Waals surface area contributed by atoms with E-state index in [2.05, 4.69) is 5.32 Å². The first kappa shape index (κ1) is 15.1. The zero-order chi connectivity index (χ0) is 15.1. The first-order valence-corrected chi connectivity index (χ1v) is 6.82. The number of aliphatic hydroxyl groups is 1. The van der Waals surface area contributed by atoms with E-state index in [0.717, 1.165) is 11.1 Å². The van der Waals surface area contributed by atoms with E-state index in [1.54, 1.807) is 24.3 Å². The van der Waals surface area contributed by atoms with E-state index >= 15 is 0 Å². The topological polar surface area (TPSA) is 58.6 Å². The number of ether oxygens (including phenoxy) is 1. The van der Waals surface area contributed by atoms with Crippen molar-refractivity contribution in [2.24, 2.45) is 0 Å². The van der Waals surface area contributed by atoms with Crippen LogP contribution in [0.5, 0.6) is 5.75 Å². The van der Waals surface area contributed by atoms with Gasteiger partial charge >= 0.3 is 0 Å². The average Bonchev–Trinajstić information content (AvgIpc) is 2.52. The molecule has 2 rings (SSSR count). The van der Waals surface area contributed by atoms with Crippen LogP contribution in [-0.2, 0) is 17.9 Å². The van der Waals surface area contributed by atoms with Gasteiger partial charge < -0.3 is 15.2 Å². The van der Waals surface area contributed by atoms with Crippen molar-refractivity contribution in [3.8, 4) is 5.75 Å². The molecule has 110 valence electrons. The monoisotopic (exact) mass is 285 g/mol. The number of carbonyl (C=O) groups is 1. The maximum absolute atomic E-state index is 11.7. The number of carbonyl (C=O) groups excluding carboxylic acids is 1. The van der Waals surface area contributed by atoms with Gasteiger partial charge in [-0.2, -0.15) is 0 Å². The van der Waals surface area contributed by atoms with Crippen LogP contribution in [0.1, 0.15) is 16.7 Å². The highest BCUT2D eigenvalue weighted by Gasteiger charge is 2.03. The van der Waals surface area contributed by atoms with Gasteiger partial charge in [0.1, 0.15) is 5.75 Å². The number of aryl methyl sites for hydroxylation is 1. The molecule has 4 nitrogen and oxygen atoms in total. The molecule has 21 heavy (non-hydrogen) atoms. The quantitative estimate of drug-likeness (QED) is 0.855. The number of rotatable bonds is 6. The van der Waals surface area contributed by atoms with Gasteiger partial charge in [-0.3, -0.25) is 4.79 Å². The molecule has 0 aliphatic rings. The summed E-state index contributed by atoms with van der Waals surface area (Å²) in [7, 11) is 0. The van der Waals surface area contributed by atoms with Gasteiger partial charge in [0.15, 0.2) is 6.61 Å². The summed E-state index contributed by atoms with van der Waals surface area (Å²) >= 11 is 0. The number of benzene rings is 2. The Morgan fingerprint density at radius 2 is 1.90 bits per heavy atom. The first-order valence-electron chi connectivity index (χ1n) is 6.82. The van der Waals surface area contributed by atoms with Crippen molar-refractivity contribution in [1.82, 2.24) is 5.32 Å². The molecule has 0 radical (unpaired) electrons. The second-order valence-electron chi connectivity index (χ2n) is 4.86. The summed E-state index contributed by atoms with van der Waals surface area (Å²) in [5, 5.41) is 11.8. The lowest BCUT2D eigenvalue weighted by Crippen LogP contribution is -2.28. The minimum Gasteiger partial charge on any atom is -0.484 e. The van der Waals surface area contributed by atoms with E-state index in [9.17, 15) is 4.79 Å².